The summed E-state index contributed by atoms with van der Waals surface area (Å²) in [5.41, 5.74) is 2.54. The molecular weight excluding hydrogens is 172 g/mol. The molecule has 2 rings (SSSR count). The Hall–Kier alpha value is -1.00. The average molecular weight is 188 g/mol. The lowest BCUT2D eigenvalue weighted by molar-refractivity contribution is 0.0150. The highest BCUT2D eigenvalue weighted by Gasteiger charge is 2.36. The standard InChI is InChI=1S/C13H16O/c1-4-11-7-5-9(2)13-10(3)6-8-12(13)14-11/h1,11-13H,2-3,5-8H2. The summed E-state index contributed by atoms with van der Waals surface area (Å²) in [6.07, 6.45) is 9.65. The van der Waals surface area contributed by atoms with E-state index in [9.17, 15) is 0 Å². The third-order valence-corrected chi connectivity index (χ3v) is 3.25. The van der Waals surface area contributed by atoms with Crippen LogP contribution in [0.4, 0.5) is 0 Å². The zero-order chi connectivity index (χ0) is 10.1. The van der Waals surface area contributed by atoms with E-state index in [0.29, 0.717) is 5.92 Å². The van der Waals surface area contributed by atoms with E-state index >= 15 is 0 Å². The van der Waals surface area contributed by atoms with Gasteiger partial charge in [0.15, 0.2) is 0 Å². The van der Waals surface area contributed by atoms with Crippen molar-refractivity contribution < 1.29 is 4.74 Å². The first kappa shape index (κ1) is 9.55. The molecule has 3 unspecified atom stereocenters. The van der Waals surface area contributed by atoms with Gasteiger partial charge in [-0.2, -0.15) is 0 Å². The van der Waals surface area contributed by atoms with Gasteiger partial charge in [0, 0.05) is 5.92 Å². The second-order valence-electron chi connectivity index (χ2n) is 4.20. The van der Waals surface area contributed by atoms with Crippen LogP contribution >= 0.6 is 0 Å². The van der Waals surface area contributed by atoms with Crippen molar-refractivity contribution >= 4 is 0 Å². The van der Waals surface area contributed by atoms with Gasteiger partial charge in [-0.25, -0.2) is 0 Å². The van der Waals surface area contributed by atoms with Crippen LogP contribution in [0.25, 0.3) is 0 Å². The number of fused-ring (bicyclic) bond motifs is 1. The van der Waals surface area contributed by atoms with Crippen molar-refractivity contribution in [2.24, 2.45) is 5.92 Å². The van der Waals surface area contributed by atoms with Gasteiger partial charge in [0.2, 0.25) is 0 Å². The fourth-order valence-electron chi connectivity index (χ4n) is 2.48. The summed E-state index contributed by atoms with van der Waals surface area (Å²) in [7, 11) is 0. The van der Waals surface area contributed by atoms with Crippen molar-refractivity contribution in [3.63, 3.8) is 0 Å². The SMILES string of the molecule is C#CC1CCC(=C)C2C(=C)CCC2O1. The minimum Gasteiger partial charge on any atom is -0.361 e. The Kier molecular flexibility index (Phi) is 2.48. The van der Waals surface area contributed by atoms with E-state index in [1.54, 1.807) is 0 Å². The maximum absolute atomic E-state index is 5.87. The third kappa shape index (κ3) is 1.51. The monoisotopic (exact) mass is 188 g/mol. The first-order chi connectivity index (χ1) is 6.72. The Morgan fingerprint density at radius 1 is 1.21 bits per heavy atom. The van der Waals surface area contributed by atoms with Gasteiger partial charge in [-0.15, -0.1) is 6.42 Å². The molecule has 0 N–H and O–H groups in total. The molecule has 14 heavy (non-hydrogen) atoms. The number of hydrogen-bond acceptors (Lipinski definition) is 1. The Balaban J connectivity index is 2.20. The van der Waals surface area contributed by atoms with Crippen LogP contribution in [0.15, 0.2) is 24.3 Å². The molecule has 0 aromatic rings. The van der Waals surface area contributed by atoms with Gasteiger partial charge in [0.25, 0.3) is 0 Å². The molecule has 1 nitrogen and oxygen atoms in total. The van der Waals surface area contributed by atoms with Crippen LogP contribution in [-0.2, 0) is 4.74 Å². The highest BCUT2D eigenvalue weighted by molar-refractivity contribution is 5.25. The Bertz CT molecular complexity index is 308. The van der Waals surface area contributed by atoms with Gasteiger partial charge in [-0.05, 0) is 25.7 Å². The summed E-state index contributed by atoms with van der Waals surface area (Å²) >= 11 is 0. The number of rotatable bonds is 0. The maximum Gasteiger partial charge on any atom is 0.118 e. The summed E-state index contributed by atoms with van der Waals surface area (Å²) in [6.45, 7) is 8.22. The highest BCUT2D eigenvalue weighted by atomic mass is 16.5. The average Bonchev–Trinajstić information content (AvgIpc) is 2.44. The molecular formula is C13H16O. The van der Waals surface area contributed by atoms with Gasteiger partial charge < -0.3 is 4.74 Å². The number of ether oxygens (including phenoxy) is 1. The lowest BCUT2D eigenvalue weighted by Gasteiger charge is -2.20. The molecule has 0 aromatic heterocycles. The van der Waals surface area contributed by atoms with Gasteiger partial charge >= 0.3 is 0 Å². The van der Waals surface area contributed by atoms with Crippen LogP contribution in [0.3, 0.4) is 0 Å². The smallest absolute Gasteiger partial charge is 0.118 e. The molecule has 1 aliphatic heterocycles. The molecule has 1 saturated carbocycles. The molecule has 74 valence electrons. The first-order valence-corrected chi connectivity index (χ1v) is 5.19. The van der Waals surface area contributed by atoms with Gasteiger partial charge in [-0.3, -0.25) is 0 Å². The molecule has 2 fully saturated rings. The van der Waals surface area contributed by atoms with Crippen LogP contribution < -0.4 is 0 Å². The molecule has 1 heterocycles. The third-order valence-electron chi connectivity index (χ3n) is 3.25. The predicted octanol–water partition coefficient (Wildman–Crippen LogP) is 2.69. The highest BCUT2D eigenvalue weighted by Crippen LogP contribution is 2.41. The van der Waals surface area contributed by atoms with Crippen LogP contribution in [-0.4, -0.2) is 12.2 Å². The Morgan fingerprint density at radius 3 is 2.50 bits per heavy atom. The molecule has 0 radical (unpaired) electrons. The second kappa shape index (κ2) is 3.63. The largest absolute Gasteiger partial charge is 0.361 e. The lowest BCUT2D eigenvalue weighted by Crippen LogP contribution is -2.21. The topological polar surface area (TPSA) is 9.23 Å². The van der Waals surface area contributed by atoms with Crippen molar-refractivity contribution in [1.29, 1.82) is 0 Å². The zero-order valence-corrected chi connectivity index (χ0v) is 8.46. The Morgan fingerprint density at radius 2 is 1.86 bits per heavy atom. The van der Waals surface area contributed by atoms with Crippen LogP contribution in [0.5, 0.6) is 0 Å². The molecule has 0 amide bonds. The van der Waals surface area contributed by atoms with E-state index in [4.69, 9.17) is 11.2 Å². The van der Waals surface area contributed by atoms with Gasteiger partial charge in [0.1, 0.15) is 6.10 Å². The molecule has 1 heteroatoms. The number of terminal acetylenes is 1. The fourth-order valence-corrected chi connectivity index (χ4v) is 2.48. The van der Waals surface area contributed by atoms with E-state index < -0.39 is 0 Å². The summed E-state index contributed by atoms with van der Waals surface area (Å²) in [6, 6.07) is 0. The van der Waals surface area contributed by atoms with Crippen molar-refractivity contribution in [2.75, 3.05) is 0 Å². The molecule has 1 saturated heterocycles. The van der Waals surface area contributed by atoms with Crippen molar-refractivity contribution in [1.82, 2.24) is 0 Å². The minimum absolute atomic E-state index is 0.0207. The first-order valence-electron chi connectivity index (χ1n) is 5.19. The fraction of sp³-hybridized carbons (Fsp3) is 0.538. The van der Waals surface area contributed by atoms with E-state index in [0.717, 1.165) is 25.7 Å². The molecule has 0 spiro atoms. The molecule has 3 atom stereocenters. The molecule has 0 aromatic carbocycles. The molecule has 0 bridgehead atoms. The zero-order valence-electron chi connectivity index (χ0n) is 8.46. The Labute approximate surface area is 85.8 Å². The van der Waals surface area contributed by atoms with E-state index in [2.05, 4.69) is 19.1 Å². The van der Waals surface area contributed by atoms with Crippen molar-refractivity contribution in [2.45, 2.75) is 37.9 Å². The molecule has 1 aliphatic carbocycles. The van der Waals surface area contributed by atoms with E-state index in [-0.39, 0.29) is 12.2 Å². The van der Waals surface area contributed by atoms with Crippen LogP contribution in [0.2, 0.25) is 0 Å². The summed E-state index contributed by atoms with van der Waals surface area (Å²) in [4.78, 5) is 0. The summed E-state index contributed by atoms with van der Waals surface area (Å²) in [5, 5.41) is 0. The van der Waals surface area contributed by atoms with Crippen LogP contribution in [0.1, 0.15) is 25.7 Å². The van der Waals surface area contributed by atoms with E-state index in [1.807, 2.05) is 0 Å². The van der Waals surface area contributed by atoms with Crippen LogP contribution in [0, 0.1) is 18.3 Å². The quantitative estimate of drug-likeness (QED) is 0.419. The van der Waals surface area contributed by atoms with Gasteiger partial charge in [-0.1, -0.05) is 30.2 Å². The number of hydrogen-bond donors (Lipinski definition) is 0. The molecule has 2 aliphatic rings. The predicted molar refractivity (Wildman–Crippen MR) is 57.7 cm³/mol. The second-order valence-corrected chi connectivity index (χ2v) is 4.20. The lowest BCUT2D eigenvalue weighted by atomic mass is 9.91. The van der Waals surface area contributed by atoms with E-state index in [1.165, 1.54) is 11.1 Å². The minimum atomic E-state index is -0.0207. The summed E-state index contributed by atoms with van der Waals surface area (Å²) < 4.78 is 5.87. The maximum atomic E-state index is 5.87. The summed E-state index contributed by atoms with van der Waals surface area (Å²) in [5.74, 6) is 3.07. The van der Waals surface area contributed by atoms with Gasteiger partial charge in [0.05, 0.1) is 6.10 Å². The van der Waals surface area contributed by atoms with Crippen molar-refractivity contribution in [3.05, 3.63) is 24.3 Å². The normalized spacial score (nSPS) is 37.5. The van der Waals surface area contributed by atoms with Crippen molar-refractivity contribution in [3.8, 4) is 12.3 Å².